The van der Waals surface area contributed by atoms with Crippen LogP contribution in [-0.4, -0.2) is 39.8 Å². The molecule has 0 bridgehead atoms. The third-order valence-corrected chi connectivity index (χ3v) is 4.34. The summed E-state index contributed by atoms with van der Waals surface area (Å²) in [5, 5.41) is 4.51. The molecule has 0 aliphatic carbocycles. The van der Waals surface area contributed by atoms with Gasteiger partial charge in [-0.05, 0) is 17.5 Å². The Hall–Kier alpha value is -2.42. The van der Waals surface area contributed by atoms with Gasteiger partial charge < -0.3 is 10.2 Å². The molecule has 1 aliphatic heterocycles. The average molecular weight is 338 g/mol. The van der Waals surface area contributed by atoms with Crippen molar-refractivity contribution in [2.24, 2.45) is 0 Å². The second-order valence-corrected chi connectivity index (χ2v) is 5.82. The summed E-state index contributed by atoms with van der Waals surface area (Å²) in [6.45, 7) is 0.584. The van der Waals surface area contributed by atoms with Gasteiger partial charge >= 0.3 is 0 Å². The van der Waals surface area contributed by atoms with Crippen LogP contribution in [0.3, 0.4) is 0 Å². The van der Waals surface area contributed by atoms with Crippen LogP contribution in [0.25, 0.3) is 0 Å². The highest BCUT2D eigenvalue weighted by atomic mass is 32.1. The van der Waals surface area contributed by atoms with Gasteiger partial charge in [0.15, 0.2) is 0 Å². The molecular formula is C14H12F2N4O2S. The lowest BCUT2D eigenvalue weighted by Gasteiger charge is -2.34. The van der Waals surface area contributed by atoms with Gasteiger partial charge in [0.1, 0.15) is 23.8 Å². The second-order valence-electron chi connectivity index (χ2n) is 4.84. The van der Waals surface area contributed by atoms with Crippen LogP contribution in [0.2, 0.25) is 0 Å². The van der Waals surface area contributed by atoms with Crippen molar-refractivity contribution in [3.05, 3.63) is 46.2 Å². The number of carbonyl (C=O) groups excluding carboxylic acids is 2. The number of hydrogen-bond donors (Lipinski definition) is 1. The van der Waals surface area contributed by atoms with E-state index in [0.717, 1.165) is 12.4 Å². The molecule has 2 aromatic heterocycles. The molecule has 2 amide bonds. The number of hydrogen-bond acceptors (Lipinski definition) is 5. The number of nitrogens with one attached hydrogen (secondary N) is 1. The first kappa shape index (κ1) is 15.5. The Balaban J connectivity index is 1.93. The molecular weight excluding hydrogens is 326 g/mol. The first-order valence-electron chi connectivity index (χ1n) is 6.80. The van der Waals surface area contributed by atoms with Crippen molar-refractivity contribution >= 4 is 23.2 Å². The number of amides is 2. The largest absolute Gasteiger partial charge is 0.352 e. The summed E-state index contributed by atoms with van der Waals surface area (Å²) >= 11 is 1.35. The van der Waals surface area contributed by atoms with Gasteiger partial charge in [0.25, 0.3) is 12.3 Å². The van der Waals surface area contributed by atoms with E-state index < -0.39 is 24.1 Å². The van der Waals surface area contributed by atoms with E-state index >= 15 is 0 Å². The molecule has 0 spiro atoms. The van der Waals surface area contributed by atoms with Gasteiger partial charge in [0.2, 0.25) is 5.91 Å². The third kappa shape index (κ3) is 3.04. The fourth-order valence-electron chi connectivity index (χ4n) is 2.37. The minimum Gasteiger partial charge on any atom is -0.352 e. The quantitative estimate of drug-likeness (QED) is 0.926. The van der Waals surface area contributed by atoms with E-state index in [-0.39, 0.29) is 18.1 Å². The summed E-state index contributed by atoms with van der Waals surface area (Å²) in [4.78, 5) is 34.1. The molecule has 0 saturated carbocycles. The Morgan fingerprint density at radius 2 is 2.26 bits per heavy atom. The number of carbonyl (C=O) groups is 2. The molecule has 1 aliphatic rings. The highest BCUT2D eigenvalue weighted by Crippen LogP contribution is 2.28. The maximum absolute atomic E-state index is 12.7. The topological polar surface area (TPSA) is 75.2 Å². The molecule has 120 valence electrons. The number of nitrogens with zero attached hydrogens (tertiary/aromatic N) is 3. The van der Waals surface area contributed by atoms with Crippen molar-refractivity contribution in [3.63, 3.8) is 0 Å². The number of thiophene rings is 1. The molecule has 3 rings (SSSR count). The summed E-state index contributed by atoms with van der Waals surface area (Å²) in [7, 11) is 0. The van der Waals surface area contributed by atoms with Gasteiger partial charge in [-0.3, -0.25) is 9.59 Å². The molecule has 1 atom stereocenters. The molecule has 1 saturated heterocycles. The van der Waals surface area contributed by atoms with Crippen LogP contribution in [-0.2, 0) is 4.79 Å². The van der Waals surface area contributed by atoms with E-state index in [9.17, 15) is 18.4 Å². The Labute approximate surface area is 134 Å². The first-order valence-corrected chi connectivity index (χ1v) is 7.68. The van der Waals surface area contributed by atoms with Gasteiger partial charge in [-0.1, -0.05) is 6.07 Å². The van der Waals surface area contributed by atoms with E-state index in [1.165, 1.54) is 16.2 Å². The van der Waals surface area contributed by atoms with Gasteiger partial charge in [0.05, 0.1) is 0 Å². The van der Waals surface area contributed by atoms with E-state index in [4.69, 9.17) is 0 Å². The van der Waals surface area contributed by atoms with E-state index in [1.54, 1.807) is 17.5 Å². The molecule has 2 aromatic rings. The molecule has 1 N–H and O–H groups in total. The predicted octanol–water partition coefficient (Wildman–Crippen LogP) is 1.79. The lowest BCUT2D eigenvalue weighted by Crippen LogP contribution is -2.52. The van der Waals surface area contributed by atoms with Gasteiger partial charge in [-0.15, -0.1) is 11.3 Å². The minimum atomic E-state index is -2.79. The molecule has 0 radical (unpaired) electrons. The Kier molecular flexibility index (Phi) is 4.28. The maximum atomic E-state index is 12.7. The Bertz CT molecular complexity index is 723. The molecule has 0 aromatic carbocycles. The zero-order chi connectivity index (χ0) is 16.4. The number of piperazine rings is 1. The minimum absolute atomic E-state index is 0.147. The van der Waals surface area contributed by atoms with Crippen LogP contribution in [0.4, 0.5) is 8.78 Å². The number of rotatable bonds is 3. The highest BCUT2D eigenvalue weighted by Gasteiger charge is 2.36. The monoisotopic (exact) mass is 338 g/mol. The fourth-order valence-corrected chi connectivity index (χ4v) is 3.21. The fraction of sp³-hybridized carbons (Fsp3) is 0.286. The van der Waals surface area contributed by atoms with Crippen molar-refractivity contribution in [1.82, 2.24) is 20.2 Å². The third-order valence-electron chi connectivity index (χ3n) is 3.42. The number of alkyl halides is 2. The average Bonchev–Trinajstić information content (AvgIpc) is 3.08. The van der Waals surface area contributed by atoms with Crippen molar-refractivity contribution < 1.29 is 18.4 Å². The zero-order valence-electron chi connectivity index (χ0n) is 11.8. The van der Waals surface area contributed by atoms with Gasteiger partial charge in [-0.25, -0.2) is 18.7 Å². The maximum Gasteiger partial charge on any atom is 0.280 e. The summed E-state index contributed by atoms with van der Waals surface area (Å²) < 4.78 is 25.5. The molecule has 1 fully saturated rings. The number of aromatic nitrogens is 2. The zero-order valence-corrected chi connectivity index (χ0v) is 12.6. The van der Waals surface area contributed by atoms with Crippen LogP contribution < -0.4 is 5.32 Å². The summed E-state index contributed by atoms with van der Waals surface area (Å²) in [5.74, 6) is -0.863. The van der Waals surface area contributed by atoms with Crippen molar-refractivity contribution in [2.45, 2.75) is 12.5 Å². The first-order chi connectivity index (χ1) is 11.1. The highest BCUT2D eigenvalue weighted by molar-refractivity contribution is 7.10. The van der Waals surface area contributed by atoms with Crippen molar-refractivity contribution in [1.29, 1.82) is 0 Å². The standard InChI is InChI=1S/C14H12F2N4O2S/c15-12(16)8-6-9(19-7-18-8)14(22)20-4-3-17-13(21)11(20)10-2-1-5-23-10/h1-2,5-7,11-12H,3-4H2,(H,17,21). The predicted molar refractivity (Wildman–Crippen MR) is 78.1 cm³/mol. The molecule has 3 heterocycles. The second kappa shape index (κ2) is 6.37. The normalized spacial score (nSPS) is 18.1. The number of halogens is 2. The van der Waals surface area contributed by atoms with Crippen molar-refractivity contribution in [2.75, 3.05) is 13.1 Å². The lowest BCUT2D eigenvalue weighted by atomic mass is 10.1. The van der Waals surface area contributed by atoms with Crippen LogP contribution in [0, 0.1) is 0 Å². The summed E-state index contributed by atoms with van der Waals surface area (Å²) in [6, 6.07) is 3.72. The molecule has 23 heavy (non-hydrogen) atoms. The lowest BCUT2D eigenvalue weighted by molar-refractivity contribution is -0.127. The smallest absolute Gasteiger partial charge is 0.280 e. The van der Waals surface area contributed by atoms with Crippen LogP contribution in [0.15, 0.2) is 29.9 Å². The van der Waals surface area contributed by atoms with Gasteiger partial charge in [0, 0.05) is 18.0 Å². The Morgan fingerprint density at radius 1 is 1.43 bits per heavy atom. The molecule has 9 heteroatoms. The van der Waals surface area contributed by atoms with Crippen LogP contribution in [0.1, 0.15) is 33.5 Å². The summed E-state index contributed by atoms with van der Waals surface area (Å²) in [5.41, 5.74) is -0.663. The SMILES string of the molecule is O=C1NCCN(C(=O)c2cc(C(F)F)ncn2)C1c1cccs1. The van der Waals surface area contributed by atoms with E-state index in [2.05, 4.69) is 15.3 Å². The molecule has 1 unspecified atom stereocenters. The van der Waals surface area contributed by atoms with Gasteiger partial charge in [-0.2, -0.15) is 0 Å². The van der Waals surface area contributed by atoms with E-state index in [1.807, 2.05) is 0 Å². The Morgan fingerprint density at radius 3 is 2.96 bits per heavy atom. The van der Waals surface area contributed by atoms with Crippen LogP contribution >= 0.6 is 11.3 Å². The van der Waals surface area contributed by atoms with Crippen LogP contribution in [0.5, 0.6) is 0 Å². The van der Waals surface area contributed by atoms with E-state index in [0.29, 0.717) is 11.4 Å². The summed E-state index contributed by atoms with van der Waals surface area (Å²) in [6.07, 6.45) is -1.86. The van der Waals surface area contributed by atoms with Crippen molar-refractivity contribution in [3.8, 4) is 0 Å². The molecule has 6 nitrogen and oxygen atoms in total.